The van der Waals surface area contributed by atoms with Crippen molar-refractivity contribution in [3.63, 3.8) is 0 Å². The summed E-state index contributed by atoms with van der Waals surface area (Å²) >= 11 is 1.40. The molecule has 2 heterocycles. The molecule has 0 saturated heterocycles. The third-order valence-electron chi connectivity index (χ3n) is 4.08. The molecule has 7 nitrogen and oxygen atoms in total. The molecule has 2 amide bonds. The Kier molecular flexibility index (Phi) is 5.39. The number of amides is 2. The van der Waals surface area contributed by atoms with E-state index in [1.165, 1.54) is 17.7 Å². The van der Waals surface area contributed by atoms with E-state index >= 15 is 0 Å². The lowest BCUT2D eigenvalue weighted by Gasteiger charge is -2.07. The van der Waals surface area contributed by atoms with Gasteiger partial charge in [-0.15, -0.1) is 11.3 Å². The van der Waals surface area contributed by atoms with E-state index in [2.05, 4.69) is 25.7 Å². The maximum atomic E-state index is 12.1. The van der Waals surface area contributed by atoms with Gasteiger partial charge in [-0.2, -0.15) is 5.10 Å². The fourth-order valence-electron chi connectivity index (χ4n) is 2.66. The van der Waals surface area contributed by atoms with Crippen molar-refractivity contribution >= 4 is 22.5 Å². The van der Waals surface area contributed by atoms with Crippen molar-refractivity contribution in [3.05, 3.63) is 83.8 Å². The smallest absolute Gasteiger partial charge is 0.321 e. The summed E-state index contributed by atoms with van der Waals surface area (Å²) in [5, 5.41) is 12.2. The van der Waals surface area contributed by atoms with Gasteiger partial charge < -0.3 is 5.32 Å². The number of hydrogen-bond acceptors (Lipinski definition) is 5. The number of urea groups is 1. The number of benzene rings is 2. The minimum Gasteiger partial charge on any atom is -0.334 e. The quantitative estimate of drug-likeness (QED) is 0.525. The molecule has 0 saturated carbocycles. The van der Waals surface area contributed by atoms with Gasteiger partial charge in [-0.25, -0.2) is 19.4 Å². The van der Waals surface area contributed by atoms with Gasteiger partial charge in [-0.05, 0) is 11.1 Å². The Hall–Kier alpha value is -3.52. The molecule has 4 aromatic rings. The molecule has 0 fully saturated rings. The summed E-state index contributed by atoms with van der Waals surface area (Å²) in [6.45, 7) is 1.11. The average molecular weight is 390 g/mol. The fraction of sp³-hybridized carbons (Fsp3) is 0.100. The van der Waals surface area contributed by atoms with E-state index in [0.717, 1.165) is 22.4 Å². The van der Waals surface area contributed by atoms with Crippen molar-refractivity contribution in [1.82, 2.24) is 25.1 Å². The second kappa shape index (κ2) is 8.45. The van der Waals surface area contributed by atoms with Crippen LogP contribution in [0, 0.1) is 0 Å². The van der Waals surface area contributed by atoms with Crippen LogP contribution in [0.3, 0.4) is 0 Å². The summed E-state index contributed by atoms with van der Waals surface area (Å²) in [7, 11) is 0. The molecule has 140 valence electrons. The summed E-state index contributed by atoms with van der Waals surface area (Å²) in [4.78, 5) is 20.5. The first kappa shape index (κ1) is 17.9. The highest BCUT2D eigenvalue weighted by atomic mass is 32.1. The van der Waals surface area contributed by atoms with Crippen LogP contribution in [0.25, 0.3) is 11.3 Å². The number of rotatable bonds is 6. The zero-order valence-electron chi connectivity index (χ0n) is 14.9. The van der Waals surface area contributed by atoms with Gasteiger partial charge in [0.2, 0.25) is 0 Å². The second-order valence-electron chi connectivity index (χ2n) is 6.12. The van der Waals surface area contributed by atoms with Gasteiger partial charge in [0.1, 0.15) is 12.7 Å². The van der Waals surface area contributed by atoms with E-state index in [4.69, 9.17) is 0 Å². The lowest BCUT2D eigenvalue weighted by atomic mass is 10.1. The first-order valence-electron chi connectivity index (χ1n) is 8.72. The van der Waals surface area contributed by atoms with E-state index in [1.807, 2.05) is 60.0 Å². The second-order valence-corrected chi connectivity index (χ2v) is 6.98. The Bertz CT molecular complexity index is 1030. The molecule has 0 aliphatic heterocycles. The lowest BCUT2D eigenvalue weighted by molar-refractivity contribution is 0.251. The maximum Gasteiger partial charge on any atom is 0.321 e. The highest BCUT2D eigenvalue weighted by Gasteiger charge is 2.07. The van der Waals surface area contributed by atoms with Crippen LogP contribution in [0.15, 0.2) is 72.6 Å². The van der Waals surface area contributed by atoms with Crippen molar-refractivity contribution in [3.8, 4) is 11.3 Å². The van der Waals surface area contributed by atoms with Crippen LogP contribution in [0.5, 0.6) is 0 Å². The summed E-state index contributed by atoms with van der Waals surface area (Å²) in [6.07, 6.45) is 3.20. The van der Waals surface area contributed by atoms with Gasteiger partial charge in [0.25, 0.3) is 0 Å². The predicted molar refractivity (Wildman–Crippen MR) is 109 cm³/mol. The Morgan fingerprint density at radius 3 is 2.57 bits per heavy atom. The maximum absolute atomic E-state index is 12.1. The summed E-state index contributed by atoms with van der Waals surface area (Å²) in [6, 6.07) is 17.6. The van der Waals surface area contributed by atoms with E-state index in [1.54, 1.807) is 11.0 Å². The van der Waals surface area contributed by atoms with E-state index < -0.39 is 0 Å². The van der Waals surface area contributed by atoms with Crippen LogP contribution in [0.1, 0.15) is 11.1 Å². The summed E-state index contributed by atoms with van der Waals surface area (Å²) in [5.74, 6) is 0. The molecule has 0 aliphatic rings. The molecule has 28 heavy (non-hydrogen) atoms. The van der Waals surface area contributed by atoms with Crippen molar-refractivity contribution in [2.75, 3.05) is 5.32 Å². The van der Waals surface area contributed by atoms with Crippen molar-refractivity contribution in [1.29, 1.82) is 0 Å². The van der Waals surface area contributed by atoms with Gasteiger partial charge in [0.05, 0.1) is 12.2 Å². The van der Waals surface area contributed by atoms with Crippen LogP contribution in [-0.2, 0) is 13.1 Å². The van der Waals surface area contributed by atoms with Crippen molar-refractivity contribution < 1.29 is 4.79 Å². The number of carbonyl (C=O) groups excluding carboxylic acids is 1. The van der Waals surface area contributed by atoms with Gasteiger partial charge in [-0.1, -0.05) is 54.6 Å². The van der Waals surface area contributed by atoms with E-state index in [9.17, 15) is 4.79 Å². The van der Waals surface area contributed by atoms with Crippen LogP contribution >= 0.6 is 11.3 Å². The minimum atomic E-state index is -0.277. The lowest BCUT2D eigenvalue weighted by Crippen LogP contribution is -2.28. The summed E-state index contributed by atoms with van der Waals surface area (Å²) in [5.41, 5.74) is 4.01. The molecule has 0 atom stereocenters. The molecule has 0 radical (unpaired) electrons. The molecule has 2 N–H and O–H groups in total. The van der Waals surface area contributed by atoms with Crippen molar-refractivity contribution in [2.45, 2.75) is 13.1 Å². The normalized spacial score (nSPS) is 10.6. The number of anilines is 1. The van der Waals surface area contributed by atoms with E-state index in [-0.39, 0.29) is 6.03 Å². The number of thiazole rings is 1. The molecule has 0 spiro atoms. The third-order valence-corrected chi connectivity index (χ3v) is 4.84. The zero-order chi connectivity index (χ0) is 19.2. The van der Waals surface area contributed by atoms with Crippen LogP contribution in [0.2, 0.25) is 0 Å². The Balaban J connectivity index is 1.28. The molecule has 4 rings (SSSR count). The highest BCUT2D eigenvalue weighted by molar-refractivity contribution is 7.14. The molecular formula is C20H18N6OS. The minimum absolute atomic E-state index is 0.277. The molecule has 8 heteroatoms. The van der Waals surface area contributed by atoms with Crippen molar-refractivity contribution in [2.24, 2.45) is 0 Å². The van der Waals surface area contributed by atoms with Gasteiger partial charge in [-0.3, -0.25) is 5.32 Å². The molecule has 2 aromatic carbocycles. The predicted octanol–water partition coefficient (Wildman–Crippen LogP) is 3.77. The molecule has 0 bridgehead atoms. The third kappa shape index (κ3) is 4.60. The van der Waals surface area contributed by atoms with E-state index in [0.29, 0.717) is 18.2 Å². The van der Waals surface area contributed by atoms with Crippen LogP contribution in [0.4, 0.5) is 9.93 Å². The largest absolute Gasteiger partial charge is 0.334 e. The highest BCUT2D eigenvalue weighted by Crippen LogP contribution is 2.24. The van der Waals surface area contributed by atoms with Gasteiger partial charge in [0, 0.05) is 17.5 Å². The number of carbonyl (C=O) groups is 1. The number of hydrogen-bond donors (Lipinski definition) is 2. The standard InChI is InChI=1S/C20H18N6OS/c27-19(25-20-24-18(12-28-20)17-4-2-1-3-5-17)22-10-15-6-8-16(9-7-15)11-26-14-21-13-23-26/h1-9,12-14H,10-11H2,(H2,22,24,25,27). The molecule has 0 unspecified atom stereocenters. The average Bonchev–Trinajstić information content (AvgIpc) is 3.40. The number of nitrogens with zero attached hydrogens (tertiary/aromatic N) is 4. The Morgan fingerprint density at radius 2 is 1.82 bits per heavy atom. The van der Waals surface area contributed by atoms with Crippen LogP contribution < -0.4 is 10.6 Å². The molecule has 0 aliphatic carbocycles. The first-order valence-corrected chi connectivity index (χ1v) is 9.60. The fourth-order valence-corrected chi connectivity index (χ4v) is 3.37. The first-order chi connectivity index (χ1) is 13.8. The molecular weight excluding hydrogens is 372 g/mol. The monoisotopic (exact) mass is 390 g/mol. The van der Waals surface area contributed by atoms with Crippen LogP contribution in [-0.4, -0.2) is 25.8 Å². The topological polar surface area (TPSA) is 84.7 Å². The zero-order valence-corrected chi connectivity index (χ0v) is 15.8. The molecule has 2 aromatic heterocycles. The number of aromatic nitrogens is 4. The van der Waals surface area contributed by atoms with Gasteiger partial charge >= 0.3 is 6.03 Å². The SMILES string of the molecule is O=C(NCc1ccc(Cn2cncn2)cc1)Nc1nc(-c2ccccc2)cs1. The summed E-state index contributed by atoms with van der Waals surface area (Å²) < 4.78 is 1.76. The Labute approximate surface area is 166 Å². The number of nitrogens with one attached hydrogen (secondary N) is 2. The Morgan fingerprint density at radius 1 is 1.04 bits per heavy atom. The van der Waals surface area contributed by atoms with Gasteiger partial charge in [0.15, 0.2) is 5.13 Å².